The van der Waals surface area contributed by atoms with Crippen molar-refractivity contribution in [2.24, 2.45) is 5.73 Å². The molecule has 0 bridgehead atoms. The van der Waals surface area contributed by atoms with Crippen LogP contribution in [0, 0.1) is 0 Å². The molecule has 0 fully saturated rings. The van der Waals surface area contributed by atoms with Gasteiger partial charge in [-0.1, -0.05) is 45.4 Å². The van der Waals surface area contributed by atoms with Crippen LogP contribution in [0.2, 0.25) is 0 Å². The third-order valence-corrected chi connectivity index (χ3v) is 3.05. The van der Waals surface area contributed by atoms with Gasteiger partial charge in [0.25, 0.3) is 0 Å². The first-order valence-corrected chi connectivity index (χ1v) is 7.27. The largest absolute Gasteiger partial charge is 1.00 e. The van der Waals surface area contributed by atoms with Gasteiger partial charge in [-0.05, 0) is 6.42 Å². The van der Waals surface area contributed by atoms with Gasteiger partial charge >= 0.3 is 35.5 Å². The summed E-state index contributed by atoms with van der Waals surface area (Å²) < 4.78 is 0. The number of carbonyl (C=O) groups excluding carboxylic acids is 2. The van der Waals surface area contributed by atoms with Crippen molar-refractivity contribution < 1.29 is 50.5 Å². The van der Waals surface area contributed by atoms with Gasteiger partial charge in [0.15, 0.2) is 0 Å². The van der Waals surface area contributed by atoms with Gasteiger partial charge in [-0.2, -0.15) is 0 Å². The maximum Gasteiger partial charge on any atom is 1.00 e. The number of nitrogens with two attached hydrogens (primary N) is 1. The average Bonchev–Trinajstić information content (AvgIpc) is 2.36. The van der Waals surface area contributed by atoms with Crippen molar-refractivity contribution >= 4 is 17.8 Å². The smallest absolute Gasteiger partial charge is 1.00 e. The van der Waals surface area contributed by atoms with Gasteiger partial charge in [-0.15, -0.1) is 0 Å². The third-order valence-electron chi connectivity index (χ3n) is 3.05. The van der Waals surface area contributed by atoms with E-state index in [1.807, 2.05) is 0 Å². The molecule has 0 rings (SSSR count). The van der Waals surface area contributed by atoms with Gasteiger partial charge in [0, 0.05) is 6.42 Å². The molecule has 4 N–H and O–H groups in total. The van der Waals surface area contributed by atoms with E-state index in [1.54, 1.807) is 0 Å². The topological polar surface area (TPSA) is 109 Å². The van der Waals surface area contributed by atoms with Crippen LogP contribution in [-0.4, -0.2) is 28.9 Å². The van der Waals surface area contributed by atoms with Crippen LogP contribution in [0.4, 0.5) is 0 Å². The van der Waals surface area contributed by atoms with E-state index < -0.39 is 17.9 Å². The van der Waals surface area contributed by atoms with Crippen molar-refractivity contribution in [3.8, 4) is 0 Å². The van der Waals surface area contributed by atoms with Crippen LogP contribution in [-0.2, 0) is 14.4 Å². The molecule has 0 aromatic heterocycles. The Labute approximate surface area is 150 Å². The molecule has 1 atom stereocenters. The van der Waals surface area contributed by atoms with Crippen LogP contribution in [0.1, 0.15) is 66.1 Å². The Morgan fingerprint density at radius 1 is 1.10 bits per heavy atom. The van der Waals surface area contributed by atoms with Gasteiger partial charge in [0.05, 0.1) is 6.42 Å². The van der Waals surface area contributed by atoms with E-state index in [2.05, 4.69) is 12.2 Å². The third kappa shape index (κ3) is 14.1. The molecule has 0 saturated heterocycles. The fourth-order valence-corrected chi connectivity index (χ4v) is 1.91. The zero-order chi connectivity index (χ0) is 15.4. The van der Waals surface area contributed by atoms with E-state index in [0.717, 1.165) is 19.3 Å². The van der Waals surface area contributed by atoms with Gasteiger partial charge in [-0.3, -0.25) is 9.59 Å². The Kier molecular flexibility index (Phi) is 15.5. The van der Waals surface area contributed by atoms with Crippen molar-refractivity contribution in [1.29, 1.82) is 0 Å². The summed E-state index contributed by atoms with van der Waals surface area (Å²) in [7, 11) is 0. The van der Waals surface area contributed by atoms with E-state index in [0.29, 0.717) is 0 Å². The number of unbranched alkanes of at least 4 members (excludes halogenated alkanes) is 6. The van der Waals surface area contributed by atoms with E-state index in [-0.39, 0.29) is 49.7 Å². The summed E-state index contributed by atoms with van der Waals surface area (Å²) in [6.45, 7) is 2.16. The van der Waals surface area contributed by atoms with Crippen LogP contribution >= 0.6 is 0 Å². The zero-order valence-corrected chi connectivity index (χ0v) is 15.2. The molecule has 118 valence electrons. The molecule has 0 aliphatic rings. The van der Waals surface area contributed by atoms with Crippen molar-refractivity contribution in [3.05, 3.63) is 0 Å². The second kappa shape index (κ2) is 14.4. The number of carboxylic acids is 1. The van der Waals surface area contributed by atoms with E-state index in [9.17, 15) is 14.4 Å². The first kappa shape index (κ1) is 22.7. The first-order valence-electron chi connectivity index (χ1n) is 7.27. The number of rotatable bonds is 12. The number of primary amides is 1. The summed E-state index contributed by atoms with van der Waals surface area (Å²) in [5.41, 5.74) is 4.93. The van der Waals surface area contributed by atoms with Crippen LogP contribution in [0.5, 0.6) is 0 Å². The number of aliphatic carboxylic acids is 1. The molecule has 0 radical (unpaired) electrons. The average molecular weight is 310 g/mol. The van der Waals surface area contributed by atoms with Gasteiger partial charge in [-0.25, -0.2) is 4.79 Å². The molecule has 0 aliphatic heterocycles. The summed E-state index contributed by atoms with van der Waals surface area (Å²) in [5.74, 6) is -2.32. The standard InChI is InChI=1S/C14H26N2O4.Na.H/c1-2-3-4-5-6-7-8-9-13(18)16-11(14(19)20)10-12(15)17;;/h11H,2-10H2,1H3,(H2,15,17)(H,16,18)(H,19,20);;/q;+1;-1. The molecule has 1 unspecified atom stereocenters. The molecular formula is C14H27N2NaO4. The maximum absolute atomic E-state index is 11.5. The van der Waals surface area contributed by atoms with Crippen molar-refractivity contribution in [3.63, 3.8) is 0 Å². The Balaban J connectivity index is -0.00000180. The molecule has 0 aromatic carbocycles. The molecule has 21 heavy (non-hydrogen) atoms. The minimum Gasteiger partial charge on any atom is -1.00 e. The molecule has 0 spiro atoms. The van der Waals surface area contributed by atoms with Crippen LogP contribution in [0.15, 0.2) is 0 Å². The number of hydrogen-bond donors (Lipinski definition) is 3. The number of hydrogen-bond acceptors (Lipinski definition) is 3. The summed E-state index contributed by atoms with van der Waals surface area (Å²) in [5, 5.41) is 11.2. The van der Waals surface area contributed by atoms with Crippen LogP contribution in [0.3, 0.4) is 0 Å². The molecule has 0 aliphatic carbocycles. The number of carboxylic acid groups (broad SMARTS) is 1. The second-order valence-electron chi connectivity index (χ2n) is 5.00. The van der Waals surface area contributed by atoms with Crippen LogP contribution in [0.25, 0.3) is 0 Å². The SMILES string of the molecule is CCCCCCCCCC(=O)NC(CC(N)=O)C(=O)O.[H-].[Na+]. The number of nitrogens with one attached hydrogen (secondary N) is 1. The summed E-state index contributed by atoms with van der Waals surface area (Å²) in [6, 6.07) is -1.22. The van der Waals surface area contributed by atoms with Gasteiger partial charge in [0.2, 0.25) is 11.8 Å². The fraction of sp³-hybridized carbons (Fsp3) is 0.786. The summed E-state index contributed by atoms with van der Waals surface area (Å²) in [4.78, 5) is 33.1. The van der Waals surface area contributed by atoms with E-state index in [4.69, 9.17) is 10.8 Å². The molecule has 2 amide bonds. The predicted molar refractivity (Wildman–Crippen MR) is 77.1 cm³/mol. The van der Waals surface area contributed by atoms with Gasteiger partial charge < -0.3 is 17.6 Å². The Bertz CT molecular complexity index is 330. The van der Waals surface area contributed by atoms with Crippen LogP contribution < -0.4 is 40.6 Å². The van der Waals surface area contributed by atoms with Gasteiger partial charge in [0.1, 0.15) is 6.04 Å². The molecular weight excluding hydrogens is 283 g/mol. The van der Waals surface area contributed by atoms with Crippen molar-refractivity contribution in [2.75, 3.05) is 0 Å². The second-order valence-corrected chi connectivity index (χ2v) is 5.00. The molecule has 0 saturated carbocycles. The van der Waals surface area contributed by atoms with E-state index >= 15 is 0 Å². The molecule has 6 nitrogen and oxygen atoms in total. The molecule has 7 heteroatoms. The molecule has 0 heterocycles. The quantitative estimate of drug-likeness (QED) is 0.307. The Hall–Kier alpha value is -0.590. The minimum atomic E-state index is -1.24. The Morgan fingerprint density at radius 3 is 2.10 bits per heavy atom. The predicted octanol–water partition coefficient (Wildman–Crippen LogP) is -1.31. The van der Waals surface area contributed by atoms with E-state index in [1.165, 1.54) is 25.7 Å². The van der Waals surface area contributed by atoms with Crippen molar-refractivity contribution in [2.45, 2.75) is 70.8 Å². The molecule has 0 aromatic rings. The minimum absolute atomic E-state index is 0. The zero-order valence-electron chi connectivity index (χ0n) is 14.2. The fourth-order valence-electron chi connectivity index (χ4n) is 1.91. The number of carbonyl (C=O) groups is 3. The summed E-state index contributed by atoms with van der Waals surface area (Å²) in [6.07, 6.45) is 7.56. The maximum atomic E-state index is 11.5. The van der Waals surface area contributed by atoms with Crippen molar-refractivity contribution in [1.82, 2.24) is 5.32 Å². The summed E-state index contributed by atoms with van der Waals surface area (Å²) >= 11 is 0. The number of amides is 2. The normalized spacial score (nSPS) is 11.3. The monoisotopic (exact) mass is 310 g/mol. The first-order chi connectivity index (χ1) is 9.47. The Morgan fingerprint density at radius 2 is 1.62 bits per heavy atom.